The monoisotopic (exact) mass is 358 g/mol. The number of carbonyl (C=O) groups excluding carboxylic acids is 2. The summed E-state index contributed by atoms with van der Waals surface area (Å²) >= 11 is 8.43. The van der Waals surface area contributed by atoms with Gasteiger partial charge in [-0.15, -0.1) is 0 Å². The Bertz CT molecular complexity index is 491. The molecule has 23 heavy (non-hydrogen) atoms. The van der Waals surface area contributed by atoms with E-state index in [9.17, 15) is 9.59 Å². The highest BCUT2D eigenvalue weighted by molar-refractivity contribution is 7.82. The van der Waals surface area contributed by atoms with Crippen molar-refractivity contribution >= 4 is 37.2 Å². The molecule has 4 nitrogen and oxygen atoms in total. The molecule has 4 atom stereocenters. The average molecular weight is 359 g/mol. The molecule has 6 heteroatoms. The Morgan fingerprint density at radius 2 is 1.83 bits per heavy atom. The molecule has 4 unspecified atom stereocenters. The van der Waals surface area contributed by atoms with E-state index in [4.69, 9.17) is 9.47 Å². The number of ether oxygens (including phenoxy) is 2. The number of allylic oxidation sites excluding steroid dienone is 1. The van der Waals surface area contributed by atoms with Gasteiger partial charge in [-0.1, -0.05) is 19.9 Å². The molecule has 0 radical (unpaired) electrons. The molecule has 2 bridgehead atoms. The first-order valence-corrected chi connectivity index (χ1v) is 9.35. The zero-order valence-corrected chi connectivity index (χ0v) is 15.6. The zero-order chi connectivity index (χ0) is 17.0. The standard InChI is InChI=1S/C17H26O4S2/c1-3-13(22)15(18)20-9-12-7-11-5-6-17(12,8-11)10-21-16(19)14(23)4-2/h7,11,13-14,22-23H,3-6,8-10H2,1-2H3. The van der Waals surface area contributed by atoms with Crippen molar-refractivity contribution in [2.24, 2.45) is 11.3 Å². The second-order valence-electron chi connectivity index (χ2n) is 6.54. The van der Waals surface area contributed by atoms with E-state index < -0.39 is 0 Å². The summed E-state index contributed by atoms with van der Waals surface area (Å²) in [6.07, 6.45) is 6.56. The molecule has 0 spiro atoms. The molecule has 0 N–H and O–H groups in total. The lowest BCUT2D eigenvalue weighted by Gasteiger charge is -2.30. The number of rotatable bonds is 8. The van der Waals surface area contributed by atoms with E-state index in [0.29, 0.717) is 25.4 Å². The minimum absolute atomic E-state index is 0.153. The highest BCUT2D eigenvalue weighted by Gasteiger charge is 2.48. The number of hydrogen-bond donors (Lipinski definition) is 2. The van der Waals surface area contributed by atoms with Crippen LogP contribution in [0.15, 0.2) is 11.6 Å². The van der Waals surface area contributed by atoms with Gasteiger partial charge in [0.2, 0.25) is 0 Å². The van der Waals surface area contributed by atoms with Crippen LogP contribution in [0.4, 0.5) is 0 Å². The summed E-state index contributed by atoms with van der Waals surface area (Å²) in [6, 6.07) is 0. The van der Waals surface area contributed by atoms with Crippen LogP contribution in [0.2, 0.25) is 0 Å². The predicted molar refractivity (Wildman–Crippen MR) is 95.9 cm³/mol. The van der Waals surface area contributed by atoms with Crippen LogP contribution in [-0.4, -0.2) is 35.7 Å². The summed E-state index contributed by atoms with van der Waals surface area (Å²) in [5.74, 6) is -0.0373. The van der Waals surface area contributed by atoms with Crippen LogP contribution >= 0.6 is 25.3 Å². The normalized spacial score (nSPS) is 28.2. The molecule has 0 aromatic heterocycles. The summed E-state index contributed by atoms with van der Waals surface area (Å²) in [6.45, 7) is 4.45. The average Bonchev–Trinajstić information content (AvgIpc) is 3.14. The Morgan fingerprint density at radius 1 is 1.22 bits per heavy atom. The molecular formula is C17H26O4S2. The van der Waals surface area contributed by atoms with Gasteiger partial charge in [0.05, 0.1) is 10.5 Å². The molecule has 1 saturated carbocycles. The van der Waals surface area contributed by atoms with Crippen molar-refractivity contribution in [3.8, 4) is 0 Å². The number of hydrogen-bond acceptors (Lipinski definition) is 6. The molecule has 0 aliphatic heterocycles. The van der Waals surface area contributed by atoms with Gasteiger partial charge in [-0.05, 0) is 43.6 Å². The number of esters is 2. The number of fused-ring (bicyclic) bond motifs is 2. The molecular weight excluding hydrogens is 332 g/mol. The SMILES string of the molecule is CCC(S)C(=O)OCC1=CC2CCC1(COC(=O)C(S)CC)C2. The highest BCUT2D eigenvalue weighted by atomic mass is 32.1. The topological polar surface area (TPSA) is 52.6 Å². The predicted octanol–water partition coefficient (Wildman–Crippen LogP) is 3.22. The van der Waals surface area contributed by atoms with Gasteiger partial charge in [-0.25, -0.2) is 0 Å². The Hall–Kier alpha value is -0.620. The van der Waals surface area contributed by atoms with E-state index in [1.54, 1.807) is 0 Å². The van der Waals surface area contributed by atoms with E-state index in [0.717, 1.165) is 24.8 Å². The highest BCUT2D eigenvalue weighted by Crippen LogP contribution is 2.54. The Labute approximate surface area is 149 Å². The lowest BCUT2D eigenvalue weighted by Crippen LogP contribution is -2.31. The maximum absolute atomic E-state index is 11.9. The second-order valence-corrected chi connectivity index (χ2v) is 7.79. The fourth-order valence-electron chi connectivity index (χ4n) is 3.37. The van der Waals surface area contributed by atoms with Gasteiger partial charge in [-0.3, -0.25) is 9.59 Å². The minimum atomic E-state index is -0.377. The van der Waals surface area contributed by atoms with Gasteiger partial charge >= 0.3 is 11.9 Å². The van der Waals surface area contributed by atoms with Gasteiger partial charge in [0.25, 0.3) is 0 Å². The molecule has 2 aliphatic rings. The molecule has 1 fully saturated rings. The summed E-state index contributed by atoms with van der Waals surface area (Å²) in [5, 5.41) is -0.748. The van der Waals surface area contributed by atoms with Crippen LogP contribution in [0.3, 0.4) is 0 Å². The van der Waals surface area contributed by atoms with Crippen LogP contribution < -0.4 is 0 Å². The fourth-order valence-corrected chi connectivity index (χ4v) is 3.52. The fraction of sp³-hybridized carbons (Fsp3) is 0.765. The number of thiol groups is 2. The van der Waals surface area contributed by atoms with Crippen molar-refractivity contribution in [3.63, 3.8) is 0 Å². The molecule has 2 rings (SSSR count). The lowest BCUT2D eigenvalue weighted by molar-refractivity contribution is -0.147. The van der Waals surface area contributed by atoms with Crippen LogP contribution in [0, 0.1) is 11.3 Å². The summed E-state index contributed by atoms with van der Waals surface area (Å²) in [7, 11) is 0. The third-order valence-electron chi connectivity index (χ3n) is 4.94. The van der Waals surface area contributed by atoms with Crippen molar-refractivity contribution < 1.29 is 19.1 Å². The third kappa shape index (κ3) is 4.27. The van der Waals surface area contributed by atoms with Crippen molar-refractivity contribution in [1.29, 1.82) is 0 Å². The largest absolute Gasteiger partial charge is 0.464 e. The molecule has 0 aromatic carbocycles. The van der Waals surface area contributed by atoms with Gasteiger partial charge in [-0.2, -0.15) is 25.3 Å². The molecule has 0 heterocycles. The summed E-state index contributed by atoms with van der Waals surface area (Å²) < 4.78 is 10.9. The molecule has 0 aromatic rings. The minimum Gasteiger partial charge on any atom is -0.464 e. The first-order chi connectivity index (χ1) is 10.9. The quantitative estimate of drug-likeness (QED) is 0.397. The van der Waals surface area contributed by atoms with Crippen molar-refractivity contribution in [2.45, 2.75) is 56.5 Å². The Balaban J connectivity index is 1.93. The van der Waals surface area contributed by atoms with E-state index in [2.05, 4.69) is 31.3 Å². The van der Waals surface area contributed by atoms with Crippen molar-refractivity contribution in [3.05, 3.63) is 11.6 Å². The van der Waals surface area contributed by atoms with E-state index in [1.165, 1.54) is 0 Å². The molecule has 130 valence electrons. The van der Waals surface area contributed by atoms with Crippen LogP contribution in [0.5, 0.6) is 0 Å². The lowest BCUT2D eigenvalue weighted by atomic mass is 9.81. The van der Waals surface area contributed by atoms with Crippen LogP contribution in [0.25, 0.3) is 0 Å². The van der Waals surface area contributed by atoms with E-state index in [-0.39, 0.29) is 34.5 Å². The first-order valence-electron chi connectivity index (χ1n) is 8.32. The maximum atomic E-state index is 11.9. The van der Waals surface area contributed by atoms with Gasteiger partial charge < -0.3 is 9.47 Å². The van der Waals surface area contributed by atoms with Gasteiger partial charge in [0.15, 0.2) is 0 Å². The number of carbonyl (C=O) groups is 2. The van der Waals surface area contributed by atoms with E-state index in [1.807, 2.05) is 13.8 Å². The summed E-state index contributed by atoms with van der Waals surface area (Å²) in [4.78, 5) is 23.7. The van der Waals surface area contributed by atoms with Gasteiger partial charge in [0.1, 0.15) is 13.2 Å². The molecule has 2 aliphatic carbocycles. The molecule has 0 amide bonds. The smallest absolute Gasteiger partial charge is 0.319 e. The Kier molecular flexibility index (Phi) is 6.48. The van der Waals surface area contributed by atoms with Crippen molar-refractivity contribution in [2.75, 3.05) is 13.2 Å². The second kappa shape index (κ2) is 7.97. The molecule has 0 saturated heterocycles. The zero-order valence-electron chi connectivity index (χ0n) is 13.8. The van der Waals surface area contributed by atoms with E-state index >= 15 is 0 Å². The summed E-state index contributed by atoms with van der Waals surface area (Å²) in [5.41, 5.74) is 0.943. The van der Waals surface area contributed by atoms with Crippen LogP contribution in [-0.2, 0) is 19.1 Å². The van der Waals surface area contributed by atoms with Crippen LogP contribution in [0.1, 0.15) is 46.0 Å². The first kappa shape index (κ1) is 18.7. The maximum Gasteiger partial charge on any atom is 0.319 e. The van der Waals surface area contributed by atoms with Crippen molar-refractivity contribution in [1.82, 2.24) is 0 Å². The van der Waals surface area contributed by atoms with Gasteiger partial charge in [0, 0.05) is 5.41 Å². The third-order valence-corrected chi connectivity index (χ3v) is 6.09. The Morgan fingerprint density at radius 3 is 2.39 bits per heavy atom.